The molecular weight excluding hydrogens is 601 g/mol. The fraction of sp³-hybridized carbons (Fsp3) is 0.560. The van der Waals surface area contributed by atoms with Crippen LogP contribution in [-0.2, 0) is 40.2 Å². The number of carbonyl (C=O) groups is 5. The molecule has 0 spiro atoms. The summed E-state index contributed by atoms with van der Waals surface area (Å²) in [5, 5.41) is 2.95. The first-order valence-electron chi connectivity index (χ1n) is 13.1. The van der Waals surface area contributed by atoms with Crippen LogP contribution in [0.2, 0.25) is 0 Å². The smallest absolute Gasteiger partial charge is 0.724 e. The van der Waals surface area contributed by atoms with Crippen molar-refractivity contribution in [2.75, 3.05) is 6.54 Å². The van der Waals surface area contributed by atoms with E-state index in [4.69, 9.17) is 9.47 Å². The van der Waals surface area contributed by atoms with Gasteiger partial charge in [-0.25, -0.2) is 22.8 Å². The maximum atomic E-state index is 12.6. The standard InChI is InChI=1S/C25H35N5O11S.Na/c1-14(2)20(22(33)40-25(3,4)5)26-23(34)39-17-9-6-15(7-10-17)12-19(31)27-28-21(32)18-11-8-16-13-29(18)24(35)30(16)41-42(36,37)38;/h6-7,9-10,14,16,18,20H,8,11-13H2,1-5H3,(H,26,34)(H,27,31)(H,28,32)(H,36,37,38);/q;+1/p-1. The van der Waals surface area contributed by atoms with Gasteiger partial charge in [0.1, 0.15) is 23.4 Å². The number of amides is 5. The zero-order valence-electron chi connectivity index (χ0n) is 24.7. The van der Waals surface area contributed by atoms with E-state index in [0.29, 0.717) is 10.6 Å². The molecule has 2 heterocycles. The van der Waals surface area contributed by atoms with Crippen LogP contribution in [0.4, 0.5) is 9.59 Å². The number of hydrazine groups is 1. The van der Waals surface area contributed by atoms with Gasteiger partial charge >= 0.3 is 47.7 Å². The van der Waals surface area contributed by atoms with Crippen LogP contribution in [0.15, 0.2) is 24.3 Å². The Bertz CT molecular complexity index is 1320. The third-order valence-electron chi connectivity index (χ3n) is 6.22. The largest absolute Gasteiger partial charge is 1.00 e. The minimum absolute atomic E-state index is 0. The van der Waals surface area contributed by atoms with Gasteiger partial charge in [0.2, 0.25) is 16.3 Å². The topological polar surface area (TPSA) is 213 Å². The van der Waals surface area contributed by atoms with Gasteiger partial charge in [-0.2, -0.15) is 9.35 Å². The number of urea groups is 1. The van der Waals surface area contributed by atoms with Crippen molar-refractivity contribution in [1.29, 1.82) is 0 Å². The van der Waals surface area contributed by atoms with Gasteiger partial charge in [-0.1, -0.05) is 26.0 Å². The average Bonchev–Trinajstić information content (AvgIpc) is 3.09. The number of benzene rings is 1. The number of esters is 1. The summed E-state index contributed by atoms with van der Waals surface area (Å²) >= 11 is 0. The first-order valence-corrected chi connectivity index (χ1v) is 14.4. The predicted molar refractivity (Wildman–Crippen MR) is 142 cm³/mol. The molecule has 232 valence electrons. The molecule has 2 aliphatic heterocycles. The van der Waals surface area contributed by atoms with Gasteiger partial charge in [-0.05, 0) is 57.2 Å². The number of hydrogen-bond donors (Lipinski definition) is 3. The number of nitrogens with zero attached hydrogens (tertiary/aromatic N) is 2. The molecule has 0 radical (unpaired) electrons. The van der Waals surface area contributed by atoms with Crippen LogP contribution < -0.4 is 50.5 Å². The molecule has 2 bridgehead atoms. The van der Waals surface area contributed by atoms with Crippen molar-refractivity contribution in [3.05, 3.63) is 29.8 Å². The molecule has 5 amide bonds. The zero-order valence-corrected chi connectivity index (χ0v) is 27.6. The fourth-order valence-electron chi connectivity index (χ4n) is 4.35. The molecular formula is C25H34N5NaO11S. The van der Waals surface area contributed by atoms with Gasteiger partial charge in [0.25, 0.3) is 5.91 Å². The Balaban J connectivity index is 0.00000645. The van der Waals surface area contributed by atoms with Crippen LogP contribution in [-0.4, -0.2) is 83.1 Å². The first kappa shape index (κ1) is 36.2. The number of ether oxygens (including phenoxy) is 2. The third-order valence-corrected chi connectivity index (χ3v) is 6.56. The molecule has 2 aliphatic rings. The molecule has 3 unspecified atom stereocenters. The van der Waals surface area contributed by atoms with Crippen LogP contribution in [0, 0.1) is 5.92 Å². The number of nitrogens with one attached hydrogen (secondary N) is 3. The minimum atomic E-state index is -5.17. The van der Waals surface area contributed by atoms with Crippen molar-refractivity contribution < 1.29 is 80.3 Å². The molecule has 0 aromatic heterocycles. The monoisotopic (exact) mass is 635 g/mol. The average molecular weight is 636 g/mol. The number of carbonyl (C=O) groups excluding carboxylic acids is 5. The van der Waals surface area contributed by atoms with E-state index in [-0.39, 0.29) is 67.0 Å². The normalized spacial score (nSPS) is 18.8. The maximum absolute atomic E-state index is 12.6. The minimum Gasteiger partial charge on any atom is -0.724 e. The second-order valence-electron chi connectivity index (χ2n) is 11.1. The molecule has 1 aromatic carbocycles. The first-order chi connectivity index (χ1) is 19.4. The Morgan fingerprint density at radius 1 is 1.07 bits per heavy atom. The van der Waals surface area contributed by atoms with E-state index in [1.54, 1.807) is 34.6 Å². The summed E-state index contributed by atoms with van der Waals surface area (Å²) in [5.41, 5.74) is 4.28. The number of hydroxylamine groups is 2. The third kappa shape index (κ3) is 10.6. The van der Waals surface area contributed by atoms with Crippen molar-refractivity contribution in [1.82, 2.24) is 26.1 Å². The Morgan fingerprint density at radius 3 is 2.26 bits per heavy atom. The summed E-state index contributed by atoms with van der Waals surface area (Å²) in [4.78, 5) is 63.2. The van der Waals surface area contributed by atoms with Crippen LogP contribution in [0.3, 0.4) is 0 Å². The van der Waals surface area contributed by atoms with Crippen LogP contribution in [0.1, 0.15) is 53.0 Å². The van der Waals surface area contributed by atoms with Crippen LogP contribution in [0.5, 0.6) is 5.75 Å². The molecule has 3 rings (SSSR count). The van der Waals surface area contributed by atoms with Gasteiger partial charge in [0, 0.05) is 6.54 Å². The van der Waals surface area contributed by atoms with E-state index >= 15 is 0 Å². The number of fused-ring (bicyclic) bond motifs is 2. The van der Waals surface area contributed by atoms with Crippen molar-refractivity contribution in [3.8, 4) is 5.75 Å². The molecule has 16 nitrogen and oxygen atoms in total. The fourth-order valence-corrected chi connectivity index (χ4v) is 4.73. The number of hydrogen-bond acceptors (Lipinski definition) is 11. The summed E-state index contributed by atoms with van der Waals surface area (Å²) in [6.45, 7) is 8.64. The quantitative estimate of drug-likeness (QED) is 0.0848. The molecule has 2 saturated heterocycles. The zero-order chi connectivity index (χ0) is 31.4. The second-order valence-corrected chi connectivity index (χ2v) is 12.1. The van der Waals surface area contributed by atoms with Crippen molar-refractivity contribution >= 4 is 40.3 Å². The molecule has 43 heavy (non-hydrogen) atoms. The summed E-state index contributed by atoms with van der Waals surface area (Å²) in [7, 11) is -5.17. The molecule has 0 saturated carbocycles. The van der Waals surface area contributed by atoms with Crippen molar-refractivity contribution in [2.24, 2.45) is 5.92 Å². The predicted octanol–water partition coefficient (Wildman–Crippen LogP) is -2.50. The van der Waals surface area contributed by atoms with Crippen LogP contribution >= 0.6 is 0 Å². The van der Waals surface area contributed by atoms with E-state index in [1.807, 2.05) is 0 Å². The van der Waals surface area contributed by atoms with Gasteiger partial charge in [-0.3, -0.25) is 20.4 Å². The SMILES string of the molecule is CC(C)C(NC(=O)Oc1ccc(CC(=O)NNC(=O)C2CCC3CN2C(=O)N3OS(=O)(=O)[O-])cc1)C(=O)OC(C)(C)C.[Na+]. The van der Waals surface area contributed by atoms with E-state index < -0.39 is 64.0 Å². The molecule has 3 N–H and O–H groups in total. The van der Waals surface area contributed by atoms with Crippen molar-refractivity contribution in [3.63, 3.8) is 0 Å². The van der Waals surface area contributed by atoms with Gasteiger partial charge in [-0.15, -0.1) is 0 Å². The summed E-state index contributed by atoms with van der Waals surface area (Å²) in [6.07, 6.45) is -0.654. The Kier molecular flexibility index (Phi) is 12.4. The summed E-state index contributed by atoms with van der Waals surface area (Å²) in [6, 6.07) is 2.39. The molecule has 2 fully saturated rings. The number of rotatable bonds is 9. The molecule has 3 atom stereocenters. The van der Waals surface area contributed by atoms with Crippen molar-refractivity contribution in [2.45, 2.75) is 77.6 Å². The van der Waals surface area contributed by atoms with E-state index in [9.17, 15) is 36.9 Å². The Labute approximate surface area is 271 Å². The summed E-state index contributed by atoms with van der Waals surface area (Å²) in [5.74, 6) is -1.98. The van der Waals surface area contributed by atoms with Gasteiger partial charge in [0.05, 0.1) is 12.5 Å². The van der Waals surface area contributed by atoms with Crippen LogP contribution in [0.25, 0.3) is 0 Å². The van der Waals surface area contributed by atoms with Gasteiger partial charge < -0.3 is 24.2 Å². The van der Waals surface area contributed by atoms with E-state index in [1.165, 1.54) is 24.3 Å². The maximum Gasteiger partial charge on any atom is 1.00 e. The Hall–Kier alpha value is -2.96. The van der Waals surface area contributed by atoms with Gasteiger partial charge in [0.15, 0.2) is 0 Å². The Morgan fingerprint density at radius 2 is 1.70 bits per heavy atom. The molecule has 1 aromatic rings. The summed E-state index contributed by atoms with van der Waals surface area (Å²) < 4.78 is 47.5. The van der Waals surface area contributed by atoms with E-state index in [2.05, 4.69) is 20.5 Å². The molecule has 0 aliphatic carbocycles. The number of piperidine rings is 1. The molecule has 18 heteroatoms. The second kappa shape index (κ2) is 14.7. The van der Waals surface area contributed by atoms with E-state index in [0.717, 1.165) is 4.90 Å².